The predicted molar refractivity (Wildman–Crippen MR) is 70.5 cm³/mol. The zero-order valence-electron chi connectivity index (χ0n) is 11.6. The van der Waals surface area contributed by atoms with E-state index in [0.717, 1.165) is 12.2 Å². The van der Waals surface area contributed by atoms with E-state index in [9.17, 15) is 9.90 Å². The van der Waals surface area contributed by atoms with Gasteiger partial charge in [0.05, 0.1) is 5.60 Å². The number of furan rings is 1. The molecule has 1 aromatic heterocycles. The van der Waals surface area contributed by atoms with Gasteiger partial charge in [-0.2, -0.15) is 0 Å². The van der Waals surface area contributed by atoms with Crippen LogP contribution in [0, 0.1) is 5.92 Å². The van der Waals surface area contributed by atoms with E-state index in [-0.39, 0.29) is 12.5 Å². The Bertz CT molecular complexity index is 393. The van der Waals surface area contributed by atoms with Crippen LogP contribution in [0.25, 0.3) is 0 Å². The van der Waals surface area contributed by atoms with Crippen molar-refractivity contribution in [1.29, 1.82) is 0 Å². The summed E-state index contributed by atoms with van der Waals surface area (Å²) in [6.07, 6.45) is 1.41. The molecule has 18 heavy (non-hydrogen) atoms. The number of aliphatic hydroxyl groups is 1. The Hall–Kier alpha value is -1.29. The van der Waals surface area contributed by atoms with Crippen LogP contribution in [0.5, 0.6) is 0 Å². The first kappa shape index (κ1) is 14.8. The van der Waals surface area contributed by atoms with Gasteiger partial charge in [-0.15, -0.1) is 0 Å². The first-order chi connectivity index (χ1) is 8.34. The minimum Gasteiger partial charge on any atom is -0.456 e. The number of hydrogen-bond donors (Lipinski definition) is 2. The highest BCUT2D eigenvalue weighted by Crippen LogP contribution is 2.15. The maximum Gasteiger partial charge on any atom is 0.287 e. The Morgan fingerprint density at radius 3 is 2.67 bits per heavy atom. The Labute approximate surface area is 108 Å². The lowest BCUT2D eigenvalue weighted by Gasteiger charge is -2.25. The molecule has 0 saturated heterocycles. The third-order valence-corrected chi connectivity index (χ3v) is 2.71. The second-order valence-corrected chi connectivity index (χ2v) is 5.40. The van der Waals surface area contributed by atoms with Gasteiger partial charge < -0.3 is 14.8 Å². The summed E-state index contributed by atoms with van der Waals surface area (Å²) in [5.74, 6) is 1.19. The molecule has 1 amide bonds. The van der Waals surface area contributed by atoms with Gasteiger partial charge in [0.25, 0.3) is 5.91 Å². The molecule has 0 aliphatic carbocycles. The second-order valence-electron chi connectivity index (χ2n) is 5.40. The maximum atomic E-state index is 11.8. The fourth-order valence-electron chi connectivity index (χ4n) is 2.00. The summed E-state index contributed by atoms with van der Waals surface area (Å²) in [7, 11) is 0. The van der Waals surface area contributed by atoms with E-state index in [1.165, 1.54) is 0 Å². The SMILES string of the molecule is CCc1ccc(C(=O)NCC(C)(O)CC(C)C)o1. The van der Waals surface area contributed by atoms with Crippen LogP contribution in [0.1, 0.15) is 50.4 Å². The van der Waals surface area contributed by atoms with Crippen LogP contribution in [0.3, 0.4) is 0 Å². The molecule has 0 bridgehead atoms. The molecule has 1 atom stereocenters. The van der Waals surface area contributed by atoms with Gasteiger partial charge in [-0.1, -0.05) is 20.8 Å². The minimum absolute atomic E-state index is 0.228. The highest BCUT2D eigenvalue weighted by atomic mass is 16.3. The lowest BCUT2D eigenvalue weighted by Crippen LogP contribution is -2.41. The number of carbonyl (C=O) groups excluding carboxylic acids is 1. The predicted octanol–water partition coefficient (Wildman–Crippen LogP) is 2.37. The highest BCUT2D eigenvalue weighted by Gasteiger charge is 2.23. The van der Waals surface area contributed by atoms with Crippen molar-refractivity contribution in [2.24, 2.45) is 5.92 Å². The van der Waals surface area contributed by atoms with Crippen molar-refractivity contribution in [2.45, 2.75) is 46.1 Å². The van der Waals surface area contributed by atoms with Crippen LogP contribution in [-0.2, 0) is 6.42 Å². The molecule has 0 spiro atoms. The number of nitrogens with one attached hydrogen (secondary N) is 1. The third-order valence-electron chi connectivity index (χ3n) is 2.71. The first-order valence-corrected chi connectivity index (χ1v) is 6.43. The van der Waals surface area contributed by atoms with Crippen molar-refractivity contribution >= 4 is 5.91 Å². The minimum atomic E-state index is -0.885. The average Bonchev–Trinajstić information content (AvgIpc) is 2.72. The van der Waals surface area contributed by atoms with Crippen molar-refractivity contribution in [3.05, 3.63) is 23.7 Å². The van der Waals surface area contributed by atoms with Gasteiger partial charge in [0.15, 0.2) is 5.76 Å². The van der Waals surface area contributed by atoms with Crippen molar-refractivity contribution in [1.82, 2.24) is 5.32 Å². The lowest BCUT2D eigenvalue weighted by atomic mass is 9.94. The average molecular weight is 253 g/mol. The molecule has 0 aliphatic rings. The summed E-state index contributed by atoms with van der Waals surface area (Å²) < 4.78 is 5.35. The summed E-state index contributed by atoms with van der Waals surface area (Å²) >= 11 is 0. The zero-order chi connectivity index (χ0) is 13.8. The number of rotatable bonds is 6. The van der Waals surface area contributed by atoms with Crippen molar-refractivity contribution < 1.29 is 14.3 Å². The third kappa shape index (κ3) is 4.53. The lowest BCUT2D eigenvalue weighted by molar-refractivity contribution is 0.0363. The molecule has 0 aliphatic heterocycles. The second kappa shape index (κ2) is 6.05. The molecule has 1 rings (SSSR count). The van der Waals surface area contributed by atoms with Crippen LogP contribution in [0.4, 0.5) is 0 Å². The van der Waals surface area contributed by atoms with E-state index >= 15 is 0 Å². The maximum absolute atomic E-state index is 11.8. The number of aryl methyl sites for hydroxylation is 1. The molecule has 2 N–H and O–H groups in total. The zero-order valence-corrected chi connectivity index (χ0v) is 11.6. The Kier molecular flexibility index (Phi) is 4.96. The van der Waals surface area contributed by atoms with Gasteiger partial charge in [-0.3, -0.25) is 4.79 Å². The van der Waals surface area contributed by atoms with E-state index in [1.807, 2.05) is 20.8 Å². The fourth-order valence-corrected chi connectivity index (χ4v) is 2.00. The van der Waals surface area contributed by atoms with E-state index in [1.54, 1.807) is 19.1 Å². The molecule has 102 valence electrons. The topological polar surface area (TPSA) is 62.5 Å². The molecular weight excluding hydrogens is 230 g/mol. The van der Waals surface area contributed by atoms with Gasteiger partial charge in [0.2, 0.25) is 0 Å². The molecular formula is C14H23NO3. The van der Waals surface area contributed by atoms with Gasteiger partial charge >= 0.3 is 0 Å². The van der Waals surface area contributed by atoms with E-state index in [0.29, 0.717) is 18.1 Å². The molecule has 4 heteroatoms. The van der Waals surface area contributed by atoms with Crippen LogP contribution in [0.15, 0.2) is 16.5 Å². The van der Waals surface area contributed by atoms with Crippen LogP contribution in [-0.4, -0.2) is 23.2 Å². The standard InChI is InChI=1S/C14H23NO3/c1-5-11-6-7-12(18-11)13(16)15-9-14(4,17)8-10(2)3/h6-7,10,17H,5,8-9H2,1-4H3,(H,15,16). The van der Waals surface area contributed by atoms with E-state index in [2.05, 4.69) is 5.32 Å². The summed E-state index contributed by atoms with van der Waals surface area (Å²) in [5.41, 5.74) is -0.885. The van der Waals surface area contributed by atoms with Gasteiger partial charge in [0.1, 0.15) is 5.76 Å². The molecule has 0 radical (unpaired) electrons. The molecule has 0 fully saturated rings. The Morgan fingerprint density at radius 2 is 2.17 bits per heavy atom. The molecule has 0 aromatic carbocycles. The Morgan fingerprint density at radius 1 is 1.50 bits per heavy atom. The summed E-state index contributed by atoms with van der Waals surface area (Å²) in [4.78, 5) is 11.8. The largest absolute Gasteiger partial charge is 0.456 e. The van der Waals surface area contributed by atoms with Crippen molar-refractivity contribution in [2.75, 3.05) is 6.54 Å². The number of amides is 1. The van der Waals surface area contributed by atoms with Crippen LogP contribution in [0.2, 0.25) is 0 Å². The van der Waals surface area contributed by atoms with Gasteiger partial charge in [0, 0.05) is 13.0 Å². The molecule has 1 aromatic rings. The number of carbonyl (C=O) groups is 1. The Balaban J connectivity index is 2.50. The first-order valence-electron chi connectivity index (χ1n) is 6.43. The monoisotopic (exact) mass is 253 g/mol. The summed E-state index contributed by atoms with van der Waals surface area (Å²) in [5, 5.41) is 12.8. The highest BCUT2D eigenvalue weighted by molar-refractivity contribution is 5.91. The summed E-state index contributed by atoms with van der Waals surface area (Å²) in [6, 6.07) is 3.45. The molecule has 4 nitrogen and oxygen atoms in total. The normalized spacial score (nSPS) is 14.6. The van der Waals surface area contributed by atoms with Crippen LogP contribution >= 0.6 is 0 Å². The molecule has 1 heterocycles. The van der Waals surface area contributed by atoms with Crippen molar-refractivity contribution in [3.63, 3.8) is 0 Å². The molecule has 0 saturated carbocycles. The van der Waals surface area contributed by atoms with Crippen molar-refractivity contribution in [3.8, 4) is 0 Å². The smallest absolute Gasteiger partial charge is 0.287 e. The number of hydrogen-bond acceptors (Lipinski definition) is 3. The van der Waals surface area contributed by atoms with Crippen LogP contribution < -0.4 is 5.32 Å². The van der Waals surface area contributed by atoms with Gasteiger partial charge in [-0.25, -0.2) is 0 Å². The fraction of sp³-hybridized carbons (Fsp3) is 0.643. The van der Waals surface area contributed by atoms with E-state index < -0.39 is 5.60 Å². The van der Waals surface area contributed by atoms with Gasteiger partial charge in [-0.05, 0) is 31.4 Å². The summed E-state index contributed by atoms with van der Waals surface area (Å²) in [6.45, 7) is 8.00. The quantitative estimate of drug-likeness (QED) is 0.818. The van der Waals surface area contributed by atoms with E-state index in [4.69, 9.17) is 4.42 Å². The molecule has 1 unspecified atom stereocenters.